The van der Waals surface area contributed by atoms with E-state index in [2.05, 4.69) is 0 Å². The minimum Gasteiger partial charge on any atom is -0.490 e. The summed E-state index contributed by atoms with van der Waals surface area (Å²) in [4.78, 5) is 0. The fourth-order valence-electron chi connectivity index (χ4n) is 1.89. The molecule has 1 aliphatic rings. The van der Waals surface area contributed by atoms with Crippen LogP contribution in [-0.4, -0.2) is 6.10 Å². The molecule has 0 amide bonds. The second-order valence-electron chi connectivity index (χ2n) is 3.85. The Balaban J connectivity index is 1.92. The van der Waals surface area contributed by atoms with Crippen LogP contribution in [0.25, 0.3) is 0 Å². The standard InChI is InChI=1S/C12H15O2/c13-10-6-8-12(9-7-10)14-11-4-2-1-3-5-11/h6-9,11H,1-5H2. The van der Waals surface area contributed by atoms with Gasteiger partial charge in [-0.2, -0.15) is 0 Å². The second kappa shape index (κ2) is 4.36. The summed E-state index contributed by atoms with van der Waals surface area (Å²) in [6.45, 7) is 0. The first kappa shape index (κ1) is 9.38. The van der Waals surface area contributed by atoms with Crippen LogP contribution < -0.4 is 4.74 Å². The molecule has 0 atom stereocenters. The van der Waals surface area contributed by atoms with Crippen molar-refractivity contribution in [1.29, 1.82) is 0 Å². The van der Waals surface area contributed by atoms with Crippen LogP contribution in [0, 0.1) is 0 Å². The Hall–Kier alpha value is -1.18. The fourth-order valence-corrected chi connectivity index (χ4v) is 1.89. The smallest absolute Gasteiger partial charge is 0.178 e. The van der Waals surface area contributed by atoms with Gasteiger partial charge in [0.15, 0.2) is 5.75 Å². The van der Waals surface area contributed by atoms with E-state index in [4.69, 9.17) is 4.74 Å². The first-order chi connectivity index (χ1) is 6.84. The average Bonchev–Trinajstić information content (AvgIpc) is 2.23. The molecule has 1 saturated carbocycles. The summed E-state index contributed by atoms with van der Waals surface area (Å²) in [5.41, 5.74) is 0. The lowest BCUT2D eigenvalue weighted by Gasteiger charge is -2.22. The Labute approximate surface area is 84.5 Å². The van der Waals surface area contributed by atoms with Gasteiger partial charge in [0.05, 0.1) is 6.10 Å². The van der Waals surface area contributed by atoms with E-state index < -0.39 is 0 Å². The van der Waals surface area contributed by atoms with Crippen LogP contribution in [0.5, 0.6) is 11.5 Å². The highest BCUT2D eigenvalue weighted by Gasteiger charge is 2.14. The van der Waals surface area contributed by atoms with E-state index in [1.807, 2.05) is 0 Å². The SMILES string of the molecule is [O]c1ccc(OC2CCCCC2)cc1. The van der Waals surface area contributed by atoms with Gasteiger partial charge < -0.3 is 4.74 Å². The third-order valence-corrected chi connectivity index (χ3v) is 2.68. The molecule has 2 rings (SSSR count). The first-order valence-corrected chi connectivity index (χ1v) is 5.28. The molecule has 75 valence electrons. The maximum absolute atomic E-state index is 10.9. The van der Waals surface area contributed by atoms with Crippen LogP contribution in [0.4, 0.5) is 0 Å². The molecule has 0 heterocycles. The van der Waals surface area contributed by atoms with Gasteiger partial charge in [-0.3, -0.25) is 5.11 Å². The number of rotatable bonds is 2. The Morgan fingerprint density at radius 3 is 2.29 bits per heavy atom. The Bertz CT molecular complexity index is 273. The summed E-state index contributed by atoms with van der Waals surface area (Å²) in [6, 6.07) is 6.63. The molecular formula is C12H15O2. The van der Waals surface area contributed by atoms with Gasteiger partial charge in [-0.1, -0.05) is 6.42 Å². The van der Waals surface area contributed by atoms with E-state index in [1.165, 1.54) is 19.3 Å². The highest BCUT2D eigenvalue weighted by molar-refractivity contribution is 5.30. The zero-order chi connectivity index (χ0) is 9.80. The molecule has 0 unspecified atom stereocenters. The molecule has 0 saturated heterocycles. The van der Waals surface area contributed by atoms with Crippen molar-refractivity contribution in [2.75, 3.05) is 0 Å². The van der Waals surface area contributed by atoms with Gasteiger partial charge >= 0.3 is 0 Å². The van der Waals surface area contributed by atoms with E-state index in [0.717, 1.165) is 18.6 Å². The molecule has 0 bridgehead atoms. The predicted molar refractivity (Wildman–Crippen MR) is 54.1 cm³/mol. The van der Waals surface area contributed by atoms with Gasteiger partial charge in [0, 0.05) is 0 Å². The summed E-state index contributed by atoms with van der Waals surface area (Å²) < 4.78 is 5.77. The molecule has 1 radical (unpaired) electrons. The molecule has 0 aromatic heterocycles. The van der Waals surface area contributed by atoms with E-state index in [9.17, 15) is 5.11 Å². The lowest BCUT2D eigenvalue weighted by molar-refractivity contribution is 0.155. The zero-order valence-corrected chi connectivity index (χ0v) is 8.24. The summed E-state index contributed by atoms with van der Waals surface area (Å²) in [7, 11) is 0. The van der Waals surface area contributed by atoms with Crippen LogP contribution in [0.3, 0.4) is 0 Å². The lowest BCUT2D eigenvalue weighted by atomic mass is 9.98. The van der Waals surface area contributed by atoms with E-state index in [1.54, 1.807) is 24.3 Å². The Morgan fingerprint density at radius 2 is 1.64 bits per heavy atom. The monoisotopic (exact) mass is 191 g/mol. The van der Waals surface area contributed by atoms with Crippen LogP contribution in [0.2, 0.25) is 0 Å². The predicted octanol–water partition coefficient (Wildman–Crippen LogP) is 3.54. The number of hydrogen-bond donors (Lipinski definition) is 0. The van der Waals surface area contributed by atoms with Gasteiger partial charge in [0.2, 0.25) is 0 Å². The van der Waals surface area contributed by atoms with Crippen LogP contribution in [-0.2, 0) is 5.11 Å². The zero-order valence-electron chi connectivity index (χ0n) is 8.24. The molecule has 1 fully saturated rings. The topological polar surface area (TPSA) is 29.1 Å². The number of hydrogen-bond acceptors (Lipinski definition) is 1. The fraction of sp³-hybridized carbons (Fsp3) is 0.500. The molecule has 2 heteroatoms. The van der Waals surface area contributed by atoms with Crippen molar-refractivity contribution in [3.8, 4) is 11.5 Å². The Morgan fingerprint density at radius 1 is 1.00 bits per heavy atom. The largest absolute Gasteiger partial charge is 0.490 e. The molecule has 1 aromatic rings. The second-order valence-corrected chi connectivity index (χ2v) is 3.85. The molecule has 14 heavy (non-hydrogen) atoms. The molecule has 1 aliphatic carbocycles. The molecule has 2 nitrogen and oxygen atoms in total. The van der Waals surface area contributed by atoms with Crippen LogP contribution in [0.15, 0.2) is 24.3 Å². The molecule has 0 spiro atoms. The molecular weight excluding hydrogens is 176 g/mol. The summed E-state index contributed by atoms with van der Waals surface area (Å²) in [6.07, 6.45) is 6.54. The van der Waals surface area contributed by atoms with Gasteiger partial charge in [-0.05, 0) is 49.9 Å². The normalized spacial score (nSPS) is 18.0. The van der Waals surface area contributed by atoms with Crippen molar-refractivity contribution in [3.05, 3.63) is 24.3 Å². The molecule has 0 N–H and O–H groups in total. The van der Waals surface area contributed by atoms with Gasteiger partial charge in [-0.25, -0.2) is 0 Å². The van der Waals surface area contributed by atoms with Gasteiger partial charge in [-0.15, -0.1) is 0 Å². The summed E-state index contributed by atoms with van der Waals surface area (Å²) in [5, 5.41) is 10.9. The number of ether oxygens (including phenoxy) is 1. The van der Waals surface area contributed by atoms with E-state index >= 15 is 0 Å². The third kappa shape index (κ3) is 2.41. The number of benzene rings is 1. The van der Waals surface area contributed by atoms with Crippen molar-refractivity contribution in [1.82, 2.24) is 0 Å². The first-order valence-electron chi connectivity index (χ1n) is 5.28. The quantitative estimate of drug-likeness (QED) is 0.702. The minimum atomic E-state index is 0.0426. The maximum Gasteiger partial charge on any atom is 0.178 e. The van der Waals surface area contributed by atoms with Crippen molar-refractivity contribution in [2.24, 2.45) is 0 Å². The maximum atomic E-state index is 10.9. The van der Waals surface area contributed by atoms with Crippen molar-refractivity contribution < 1.29 is 9.84 Å². The molecule has 1 aromatic carbocycles. The third-order valence-electron chi connectivity index (χ3n) is 2.68. The molecule has 0 aliphatic heterocycles. The van der Waals surface area contributed by atoms with Crippen LogP contribution in [0.1, 0.15) is 32.1 Å². The minimum absolute atomic E-state index is 0.0426. The van der Waals surface area contributed by atoms with Crippen LogP contribution >= 0.6 is 0 Å². The van der Waals surface area contributed by atoms with Crippen molar-refractivity contribution in [2.45, 2.75) is 38.2 Å². The van der Waals surface area contributed by atoms with E-state index in [-0.39, 0.29) is 5.75 Å². The highest BCUT2D eigenvalue weighted by atomic mass is 16.5. The van der Waals surface area contributed by atoms with Crippen molar-refractivity contribution >= 4 is 0 Å². The van der Waals surface area contributed by atoms with Crippen molar-refractivity contribution in [3.63, 3.8) is 0 Å². The van der Waals surface area contributed by atoms with Gasteiger partial charge in [0.25, 0.3) is 0 Å². The summed E-state index contributed by atoms with van der Waals surface area (Å²) in [5.74, 6) is 0.873. The Kier molecular flexibility index (Phi) is 2.92. The summed E-state index contributed by atoms with van der Waals surface area (Å²) >= 11 is 0. The lowest BCUT2D eigenvalue weighted by Crippen LogP contribution is -2.19. The highest BCUT2D eigenvalue weighted by Crippen LogP contribution is 2.24. The average molecular weight is 191 g/mol. The van der Waals surface area contributed by atoms with E-state index in [0.29, 0.717) is 6.10 Å². The van der Waals surface area contributed by atoms with Gasteiger partial charge in [0.1, 0.15) is 5.75 Å².